The van der Waals surface area contributed by atoms with E-state index in [0.29, 0.717) is 22.9 Å². The fraction of sp³-hybridized carbons (Fsp3) is 0.180. The number of nitrogens with zero attached hydrogens (tertiary/aromatic N) is 4. The number of aryl methyl sites for hydroxylation is 7. The molecular weight excluding hydrogens is 841 g/mol. The Bertz CT molecular complexity index is 2780. The van der Waals surface area contributed by atoms with Crippen molar-refractivity contribution in [3.63, 3.8) is 0 Å². The average molecular weight is 888 g/mol. The zero-order valence-corrected chi connectivity index (χ0v) is 36.8. The molecule has 1 atom stereocenters. The summed E-state index contributed by atoms with van der Waals surface area (Å²) in [6.45, 7) is 16.2. The first-order valence-electron chi connectivity index (χ1n) is 19.6. The van der Waals surface area contributed by atoms with Crippen LogP contribution in [0.4, 0.5) is 22.7 Å². The van der Waals surface area contributed by atoms with Gasteiger partial charge in [0, 0.05) is 0 Å². The van der Waals surface area contributed by atoms with Crippen molar-refractivity contribution in [2.24, 2.45) is 4.99 Å². The van der Waals surface area contributed by atoms with Gasteiger partial charge in [-0.3, -0.25) is 0 Å². The first kappa shape index (κ1) is 40.0. The Morgan fingerprint density at radius 1 is 0.695 bits per heavy atom. The van der Waals surface area contributed by atoms with Crippen molar-refractivity contribution >= 4 is 56.8 Å². The van der Waals surface area contributed by atoms with Crippen LogP contribution in [0.2, 0.25) is 0 Å². The van der Waals surface area contributed by atoms with Gasteiger partial charge in [-0.1, -0.05) is 0 Å². The summed E-state index contributed by atoms with van der Waals surface area (Å²) in [6.07, 6.45) is 3.81. The SMILES string of the molecule is Cc1ccc(N=Cc2[c]([Ru]([Cl])(=[C]3C=C(c4ccccc4)c4ccccc43)=[C]3N(c4c(C)cc(C)cc4C)CCN3c3c(C)cc(C)cc3C)ccc([N+](=O)[O-])c2O)cc1. The van der Waals surface area contributed by atoms with Crippen LogP contribution in [0.5, 0.6) is 5.75 Å². The van der Waals surface area contributed by atoms with Gasteiger partial charge >= 0.3 is 355 Å². The molecule has 9 heteroatoms. The van der Waals surface area contributed by atoms with Crippen LogP contribution in [-0.2, 0) is 12.9 Å². The van der Waals surface area contributed by atoms with Crippen molar-refractivity contribution in [1.82, 2.24) is 0 Å². The third-order valence-electron chi connectivity index (χ3n) is 11.1. The number of hydrogen-bond donors (Lipinski definition) is 1. The zero-order valence-electron chi connectivity index (χ0n) is 34.3. The average Bonchev–Trinajstić information content (AvgIpc) is 3.80. The van der Waals surface area contributed by atoms with Gasteiger partial charge in [0.15, 0.2) is 0 Å². The van der Waals surface area contributed by atoms with Crippen LogP contribution in [0.25, 0.3) is 5.57 Å². The normalized spacial score (nSPS) is 15.4. The number of anilines is 2. The number of allylic oxidation sites excluding steroid dienone is 1. The summed E-state index contributed by atoms with van der Waals surface area (Å²) in [5.74, 6) is -0.462. The van der Waals surface area contributed by atoms with Gasteiger partial charge in [0.25, 0.3) is 0 Å². The van der Waals surface area contributed by atoms with E-state index in [9.17, 15) is 15.2 Å². The van der Waals surface area contributed by atoms with Gasteiger partial charge < -0.3 is 0 Å². The molecule has 1 unspecified atom stereocenters. The van der Waals surface area contributed by atoms with Gasteiger partial charge in [0.05, 0.1) is 0 Å². The Balaban J connectivity index is 1.62. The number of nitro benzene ring substituents is 1. The summed E-state index contributed by atoms with van der Waals surface area (Å²) >= 11 is -4.51. The van der Waals surface area contributed by atoms with E-state index in [0.717, 1.165) is 69.9 Å². The second-order valence-electron chi connectivity index (χ2n) is 15.5. The summed E-state index contributed by atoms with van der Waals surface area (Å²) < 4.78 is 2.52. The van der Waals surface area contributed by atoms with Gasteiger partial charge in [-0.05, 0) is 0 Å². The van der Waals surface area contributed by atoms with Crippen molar-refractivity contribution in [2.75, 3.05) is 22.9 Å². The first-order chi connectivity index (χ1) is 28.3. The quantitative estimate of drug-likeness (QED) is 0.0747. The molecule has 6 aromatic rings. The van der Waals surface area contributed by atoms with Crippen LogP contribution in [-0.4, -0.2) is 37.8 Å². The molecule has 0 bridgehead atoms. The molecule has 1 fully saturated rings. The summed E-state index contributed by atoms with van der Waals surface area (Å²) in [5.41, 5.74) is 14.8. The fourth-order valence-corrected chi connectivity index (χ4v) is 17.5. The van der Waals surface area contributed by atoms with Crippen LogP contribution >= 0.6 is 9.69 Å². The van der Waals surface area contributed by atoms with Crippen LogP contribution < -0.4 is 14.0 Å². The molecule has 8 rings (SSSR count). The van der Waals surface area contributed by atoms with Crippen LogP contribution in [0, 0.1) is 58.6 Å². The van der Waals surface area contributed by atoms with E-state index in [1.165, 1.54) is 17.2 Å². The van der Waals surface area contributed by atoms with Gasteiger partial charge in [-0.15, -0.1) is 0 Å². The number of hydrogen-bond acceptors (Lipinski definition) is 6. The molecular formula is C50H47ClN4O3Ru. The minimum absolute atomic E-state index is 0.238. The van der Waals surface area contributed by atoms with E-state index in [4.69, 9.17) is 14.7 Å². The molecule has 0 spiro atoms. The number of benzene rings is 6. The fourth-order valence-electron chi connectivity index (χ4n) is 8.74. The molecule has 300 valence electrons. The molecule has 1 saturated heterocycles. The van der Waals surface area contributed by atoms with Crippen molar-refractivity contribution < 1.29 is 22.9 Å². The van der Waals surface area contributed by atoms with E-state index in [2.05, 4.69) is 112 Å². The van der Waals surface area contributed by atoms with Gasteiger partial charge in [-0.25, -0.2) is 0 Å². The Labute approximate surface area is 352 Å². The number of phenolic OH excluding ortho intramolecular Hbond substituents is 1. The predicted molar refractivity (Wildman–Crippen MR) is 244 cm³/mol. The molecule has 6 aromatic carbocycles. The van der Waals surface area contributed by atoms with Crippen LogP contribution in [0.1, 0.15) is 61.2 Å². The summed E-state index contributed by atoms with van der Waals surface area (Å²) in [6, 6.07) is 38.5. The van der Waals surface area contributed by atoms with E-state index in [-0.39, 0.29) is 5.56 Å². The number of phenols is 1. The third-order valence-corrected chi connectivity index (χ3v) is 19.5. The molecule has 1 aliphatic heterocycles. The van der Waals surface area contributed by atoms with E-state index in [1.807, 2.05) is 55.5 Å². The first-order valence-corrected chi connectivity index (χ1v) is 24.5. The monoisotopic (exact) mass is 888 g/mol. The van der Waals surface area contributed by atoms with Gasteiger partial charge in [0.1, 0.15) is 0 Å². The van der Waals surface area contributed by atoms with E-state index in [1.54, 1.807) is 12.3 Å². The second-order valence-corrected chi connectivity index (χ2v) is 22.8. The van der Waals surface area contributed by atoms with E-state index < -0.39 is 29.2 Å². The van der Waals surface area contributed by atoms with Crippen LogP contribution in [0.3, 0.4) is 0 Å². The Kier molecular flexibility index (Phi) is 10.7. The molecule has 2 aliphatic rings. The number of rotatable bonds is 7. The van der Waals surface area contributed by atoms with Gasteiger partial charge in [0.2, 0.25) is 0 Å². The third kappa shape index (κ3) is 7.09. The Hall–Kier alpha value is -5.82. The molecule has 1 aliphatic carbocycles. The Morgan fingerprint density at radius 3 is 1.76 bits per heavy atom. The molecule has 0 aromatic heterocycles. The summed E-state index contributed by atoms with van der Waals surface area (Å²) in [7, 11) is 8.96. The number of aromatic hydroxyl groups is 1. The molecule has 7 nitrogen and oxygen atoms in total. The number of halogens is 1. The molecule has 0 radical (unpaired) electrons. The number of fused-ring (bicyclic) bond motifs is 1. The zero-order chi connectivity index (χ0) is 41.7. The molecule has 0 amide bonds. The van der Waals surface area contributed by atoms with Crippen molar-refractivity contribution in [3.8, 4) is 5.75 Å². The topological polar surface area (TPSA) is 82.2 Å². The second kappa shape index (κ2) is 15.7. The number of aliphatic imine (C=N–C) groups is 1. The maximum atomic E-state index is 12.5. The Morgan fingerprint density at radius 2 is 1.22 bits per heavy atom. The van der Waals surface area contributed by atoms with E-state index >= 15 is 0 Å². The summed E-state index contributed by atoms with van der Waals surface area (Å²) in [5, 5.41) is 24.7. The van der Waals surface area contributed by atoms with Gasteiger partial charge in [-0.2, -0.15) is 0 Å². The number of nitro groups is 1. The van der Waals surface area contributed by atoms with Crippen molar-refractivity contribution in [1.29, 1.82) is 0 Å². The molecule has 59 heavy (non-hydrogen) atoms. The van der Waals surface area contributed by atoms with Crippen LogP contribution in [0.15, 0.2) is 126 Å². The molecule has 0 saturated carbocycles. The predicted octanol–water partition coefficient (Wildman–Crippen LogP) is 10.9. The standard InChI is InChI=1S/C21H26N2.C15H10.C14H11N2O3.ClH.Ru/c1-14-9-16(3)20(17(4)10-14)22-7-8-23(13-22)21-18(5)11-15(2)12-19(21)6;1-2-6-12(7-3-1)15-11-10-13-8-4-5-9-14(13)15;1-10-5-7-12(8-6-10)15-9-11-3-2-4-13(14(11)17)16(18)19;;/h9-12H,7-8H2,1-6H3;1-9,11H;2,4-9,17H,1H3;1H;/q;;;;+1/p-1. The minimum atomic E-state index is -4.51. The van der Waals surface area contributed by atoms with Crippen molar-refractivity contribution in [2.45, 2.75) is 48.5 Å². The maximum absolute atomic E-state index is 12.5. The molecule has 1 heterocycles. The van der Waals surface area contributed by atoms with Crippen molar-refractivity contribution in [3.05, 3.63) is 193 Å². The molecule has 1 N–H and O–H groups in total. The summed E-state index contributed by atoms with van der Waals surface area (Å²) in [4.78, 5) is 21.7.